The molecule has 2 rings (SSSR count). The topological polar surface area (TPSA) is 158 Å². The summed E-state index contributed by atoms with van der Waals surface area (Å²) in [6.07, 6.45) is 1.04. The highest BCUT2D eigenvalue weighted by molar-refractivity contribution is 7.89. The van der Waals surface area contributed by atoms with Crippen LogP contribution in [0.2, 0.25) is 5.02 Å². The minimum atomic E-state index is -4.09. The number of hydrogen-bond donors (Lipinski definition) is 2. The Bertz CT molecular complexity index is 937. The van der Waals surface area contributed by atoms with Gasteiger partial charge in [0.05, 0.1) is 17.3 Å². The predicted octanol–water partition coefficient (Wildman–Crippen LogP) is 1.25. The molecule has 0 fully saturated rings. The second-order valence-electron chi connectivity index (χ2n) is 4.32. The summed E-state index contributed by atoms with van der Waals surface area (Å²) in [5.41, 5.74) is 2.06. The zero-order valence-electron chi connectivity index (χ0n) is 11.7. The first-order valence-electron chi connectivity index (χ1n) is 6.08. The third-order valence-electron chi connectivity index (χ3n) is 2.65. The SMILES string of the molecule is NS(=O)(=O)c1cc(C(=O)N/N=C/c2ccc([N+](=O)[O-])o2)ccc1Cl. The largest absolute Gasteiger partial charge is 0.433 e. The van der Waals surface area contributed by atoms with Crippen LogP contribution in [0.5, 0.6) is 0 Å². The molecule has 3 N–H and O–H groups in total. The van der Waals surface area contributed by atoms with Gasteiger partial charge in [-0.15, -0.1) is 0 Å². The number of carbonyl (C=O) groups is 1. The van der Waals surface area contributed by atoms with Crippen LogP contribution in [0.1, 0.15) is 16.1 Å². The summed E-state index contributed by atoms with van der Waals surface area (Å²) in [4.78, 5) is 21.2. The molecule has 0 radical (unpaired) electrons. The van der Waals surface area contributed by atoms with Gasteiger partial charge in [0, 0.05) is 5.56 Å². The maximum atomic E-state index is 11.9. The quantitative estimate of drug-likeness (QED) is 0.456. The van der Waals surface area contributed by atoms with Crippen molar-refractivity contribution in [3.05, 3.63) is 56.8 Å². The Labute approximate surface area is 140 Å². The van der Waals surface area contributed by atoms with Crippen molar-refractivity contribution in [2.45, 2.75) is 4.90 Å². The molecule has 0 spiro atoms. The van der Waals surface area contributed by atoms with Gasteiger partial charge in [-0.25, -0.2) is 19.0 Å². The van der Waals surface area contributed by atoms with Crippen molar-refractivity contribution in [1.82, 2.24) is 5.43 Å². The molecule has 0 saturated carbocycles. The summed E-state index contributed by atoms with van der Waals surface area (Å²) in [6.45, 7) is 0. The number of nitrogens with two attached hydrogens (primary N) is 1. The van der Waals surface area contributed by atoms with Crippen LogP contribution in [0.25, 0.3) is 0 Å². The van der Waals surface area contributed by atoms with Gasteiger partial charge >= 0.3 is 5.88 Å². The lowest BCUT2D eigenvalue weighted by Crippen LogP contribution is -2.19. The van der Waals surface area contributed by atoms with Crippen LogP contribution in [0.3, 0.4) is 0 Å². The minimum absolute atomic E-state index is 0.0448. The molecular weight excluding hydrogens is 364 g/mol. The molecule has 0 saturated heterocycles. The fraction of sp³-hybridized carbons (Fsp3) is 0. The number of halogens is 1. The molecule has 0 aliphatic carbocycles. The van der Waals surface area contributed by atoms with Gasteiger partial charge < -0.3 is 4.42 Å². The molecule has 0 aliphatic rings. The standard InChI is InChI=1S/C12H9ClN4O6S/c13-9-3-1-7(5-10(9)24(14,21)22)12(18)16-15-6-8-2-4-11(23-8)17(19)20/h1-6H,(H,16,18)(H2,14,21,22)/b15-6+. The number of nitro groups is 1. The third kappa shape index (κ3) is 4.16. The van der Waals surface area contributed by atoms with Crippen molar-refractivity contribution in [1.29, 1.82) is 0 Å². The first kappa shape index (κ1) is 17.6. The maximum absolute atomic E-state index is 11.9. The van der Waals surface area contributed by atoms with E-state index in [-0.39, 0.29) is 16.3 Å². The van der Waals surface area contributed by atoms with Crippen LogP contribution < -0.4 is 10.6 Å². The van der Waals surface area contributed by atoms with Crippen LogP contribution in [-0.4, -0.2) is 25.5 Å². The number of benzene rings is 1. The number of nitrogens with one attached hydrogen (secondary N) is 1. The van der Waals surface area contributed by atoms with E-state index in [0.29, 0.717) is 0 Å². The lowest BCUT2D eigenvalue weighted by atomic mass is 10.2. The number of rotatable bonds is 5. The lowest BCUT2D eigenvalue weighted by molar-refractivity contribution is -0.402. The number of nitrogens with zero attached hydrogens (tertiary/aromatic N) is 2. The van der Waals surface area contributed by atoms with E-state index in [0.717, 1.165) is 18.3 Å². The van der Waals surface area contributed by atoms with Gasteiger partial charge in [-0.2, -0.15) is 5.10 Å². The van der Waals surface area contributed by atoms with Crippen LogP contribution in [0.15, 0.2) is 44.7 Å². The molecule has 2 aromatic rings. The molecule has 126 valence electrons. The molecule has 1 aromatic carbocycles. The first-order valence-corrected chi connectivity index (χ1v) is 8.01. The summed E-state index contributed by atoms with van der Waals surface area (Å²) in [7, 11) is -4.09. The number of amides is 1. The Morgan fingerprint density at radius 3 is 2.67 bits per heavy atom. The third-order valence-corrected chi connectivity index (χ3v) is 4.04. The van der Waals surface area contributed by atoms with Crippen molar-refractivity contribution < 1.29 is 22.6 Å². The lowest BCUT2D eigenvalue weighted by Gasteiger charge is -2.04. The van der Waals surface area contributed by atoms with E-state index < -0.39 is 31.6 Å². The van der Waals surface area contributed by atoms with Gasteiger partial charge in [-0.05, 0) is 24.3 Å². The zero-order valence-corrected chi connectivity index (χ0v) is 13.2. The highest BCUT2D eigenvalue weighted by Gasteiger charge is 2.16. The molecule has 1 amide bonds. The molecule has 1 aromatic heterocycles. The van der Waals surface area contributed by atoms with Crippen molar-refractivity contribution >= 4 is 39.6 Å². The first-order chi connectivity index (χ1) is 11.2. The predicted molar refractivity (Wildman–Crippen MR) is 83.2 cm³/mol. The number of hydrogen-bond acceptors (Lipinski definition) is 7. The fourth-order valence-corrected chi connectivity index (χ4v) is 2.66. The van der Waals surface area contributed by atoms with Gasteiger partial charge in [0.25, 0.3) is 5.91 Å². The van der Waals surface area contributed by atoms with Gasteiger partial charge in [-0.1, -0.05) is 11.6 Å². The Hall–Kier alpha value is -2.76. The van der Waals surface area contributed by atoms with E-state index in [1.54, 1.807) is 0 Å². The molecular formula is C12H9ClN4O6S. The van der Waals surface area contributed by atoms with E-state index in [9.17, 15) is 23.3 Å². The Kier molecular flexibility index (Phi) is 4.97. The number of furan rings is 1. The zero-order chi connectivity index (χ0) is 17.9. The van der Waals surface area contributed by atoms with E-state index in [2.05, 4.69) is 10.5 Å². The van der Waals surface area contributed by atoms with E-state index in [1.165, 1.54) is 18.2 Å². The summed E-state index contributed by atoms with van der Waals surface area (Å²) in [5, 5.41) is 18.9. The highest BCUT2D eigenvalue weighted by atomic mass is 35.5. The second-order valence-corrected chi connectivity index (χ2v) is 6.26. The monoisotopic (exact) mass is 372 g/mol. The van der Waals surface area contributed by atoms with E-state index in [4.69, 9.17) is 21.2 Å². The van der Waals surface area contributed by atoms with Crippen LogP contribution in [0.4, 0.5) is 5.88 Å². The Morgan fingerprint density at radius 2 is 2.08 bits per heavy atom. The van der Waals surface area contributed by atoms with Crippen LogP contribution in [-0.2, 0) is 10.0 Å². The molecule has 0 bridgehead atoms. The summed E-state index contributed by atoms with van der Waals surface area (Å²) in [5.74, 6) is -1.17. The van der Waals surface area contributed by atoms with Crippen molar-refractivity contribution in [2.24, 2.45) is 10.2 Å². The van der Waals surface area contributed by atoms with Gasteiger partial charge in [0.2, 0.25) is 10.0 Å². The fourth-order valence-electron chi connectivity index (χ4n) is 1.59. The van der Waals surface area contributed by atoms with E-state index in [1.807, 2.05) is 0 Å². The number of primary sulfonamides is 1. The van der Waals surface area contributed by atoms with Crippen LogP contribution >= 0.6 is 11.6 Å². The van der Waals surface area contributed by atoms with Crippen molar-refractivity contribution in [2.75, 3.05) is 0 Å². The Morgan fingerprint density at radius 1 is 1.38 bits per heavy atom. The van der Waals surface area contributed by atoms with Crippen molar-refractivity contribution in [3.8, 4) is 0 Å². The summed E-state index contributed by atoms with van der Waals surface area (Å²) >= 11 is 5.71. The number of carbonyl (C=O) groups excluding carboxylic acids is 1. The van der Waals surface area contributed by atoms with Crippen molar-refractivity contribution in [3.63, 3.8) is 0 Å². The van der Waals surface area contributed by atoms with Gasteiger partial charge in [-0.3, -0.25) is 14.9 Å². The minimum Gasteiger partial charge on any atom is -0.400 e. The molecule has 0 unspecified atom stereocenters. The smallest absolute Gasteiger partial charge is 0.400 e. The van der Waals surface area contributed by atoms with E-state index >= 15 is 0 Å². The summed E-state index contributed by atoms with van der Waals surface area (Å²) in [6, 6.07) is 5.89. The molecule has 1 heterocycles. The molecule has 0 aliphatic heterocycles. The second kappa shape index (κ2) is 6.78. The van der Waals surface area contributed by atoms with Gasteiger partial charge in [0.15, 0.2) is 5.76 Å². The molecule has 10 nitrogen and oxygen atoms in total. The normalized spacial score (nSPS) is 11.6. The highest BCUT2D eigenvalue weighted by Crippen LogP contribution is 2.21. The molecule has 24 heavy (non-hydrogen) atoms. The molecule has 0 atom stereocenters. The van der Waals surface area contributed by atoms with Gasteiger partial charge in [0.1, 0.15) is 9.82 Å². The molecule has 12 heteroatoms. The van der Waals surface area contributed by atoms with Crippen LogP contribution in [0, 0.1) is 10.1 Å². The summed E-state index contributed by atoms with van der Waals surface area (Å²) < 4.78 is 27.5. The average molecular weight is 373 g/mol. The number of sulfonamides is 1. The Balaban J connectivity index is 2.12. The maximum Gasteiger partial charge on any atom is 0.433 e. The number of hydrazone groups is 1. The average Bonchev–Trinajstić information content (AvgIpc) is 2.95.